The van der Waals surface area contributed by atoms with Crippen molar-refractivity contribution >= 4 is 23.5 Å². The van der Waals surface area contributed by atoms with E-state index in [1.54, 1.807) is 24.3 Å². The van der Waals surface area contributed by atoms with Gasteiger partial charge in [0.25, 0.3) is 5.91 Å². The molecule has 0 saturated heterocycles. The molecule has 1 saturated carbocycles. The number of ether oxygens (including phenoxy) is 1. The molecule has 1 fully saturated rings. The van der Waals surface area contributed by atoms with Gasteiger partial charge in [0.15, 0.2) is 6.61 Å². The predicted molar refractivity (Wildman–Crippen MR) is 87.7 cm³/mol. The largest absolute Gasteiger partial charge is 0.484 e. The van der Waals surface area contributed by atoms with Gasteiger partial charge in [-0.15, -0.1) is 0 Å². The molecule has 7 nitrogen and oxygen atoms in total. The smallest absolute Gasteiger partial charge is 0.306 e. The molecule has 0 unspecified atom stereocenters. The molecule has 1 aliphatic rings. The number of carbonyl (C=O) groups is 3. The maximum absolute atomic E-state index is 12.2. The van der Waals surface area contributed by atoms with Crippen molar-refractivity contribution in [3.05, 3.63) is 24.3 Å². The Morgan fingerprint density at radius 3 is 2.42 bits per heavy atom. The highest BCUT2D eigenvalue weighted by molar-refractivity contribution is 5.93. The molecule has 7 heteroatoms. The first kappa shape index (κ1) is 17.8. The van der Waals surface area contributed by atoms with Gasteiger partial charge in [0.1, 0.15) is 5.75 Å². The topological polar surface area (TPSA) is 105 Å². The van der Waals surface area contributed by atoms with Gasteiger partial charge < -0.3 is 20.5 Å². The number of aliphatic carboxylic acids is 1. The molecular formula is C17H22N2O5. The normalized spacial score (nSPS) is 19.5. The van der Waals surface area contributed by atoms with Crippen LogP contribution in [-0.2, 0) is 14.4 Å². The van der Waals surface area contributed by atoms with E-state index in [0.717, 1.165) is 0 Å². The predicted octanol–water partition coefficient (Wildman–Crippen LogP) is 1.64. The maximum atomic E-state index is 12.2. The summed E-state index contributed by atoms with van der Waals surface area (Å²) in [6.07, 6.45) is 1.52. The molecule has 0 aliphatic heterocycles. The molecule has 130 valence electrons. The van der Waals surface area contributed by atoms with E-state index in [1.165, 1.54) is 0 Å². The maximum Gasteiger partial charge on any atom is 0.306 e. The third kappa shape index (κ3) is 4.97. The molecule has 1 aromatic carbocycles. The Labute approximate surface area is 140 Å². The van der Waals surface area contributed by atoms with Gasteiger partial charge in [-0.3, -0.25) is 14.4 Å². The second kappa shape index (κ2) is 8.33. The minimum atomic E-state index is -0.834. The van der Waals surface area contributed by atoms with E-state index in [4.69, 9.17) is 9.84 Å². The van der Waals surface area contributed by atoms with Crippen molar-refractivity contribution in [1.29, 1.82) is 0 Å². The second-order valence-corrected chi connectivity index (χ2v) is 5.80. The fourth-order valence-corrected chi connectivity index (χ4v) is 2.72. The van der Waals surface area contributed by atoms with Gasteiger partial charge in [-0.25, -0.2) is 0 Å². The van der Waals surface area contributed by atoms with Crippen molar-refractivity contribution in [2.24, 2.45) is 11.8 Å². The Bertz CT molecular complexity index is 600. The molecule has 24 heavy (non-hydrogen) atoms. The van der Waals surface area contributed by atoms with Crippen molar-refractivity contribution in [3.8, 4) is 5.75 Å². The number of anilines is 1. The van der Waals surface area contributed by atoms with Crippen molar-refractivity contribution < 1.29 is 24.2 Å². The first-order chi connectivity index (χ1) is 11.5. The summed E-state index contributed by atoms with van der Waals surface area (Å²) in [5, 5.41) is 14.4. The number of carboxylic acid groups (broad SMARTS) is 1. The van der Waals surface area contributed by atoms with Crippen LogP contribution in [-0.4, -0.2) is 36.0 Å². The monoisotopic (exact) mass is 334 g/mol. The number of likely N-dealkylation sites (N-methyl/N-ethyl adjacent to an activating group) is 1. The van der Waals surface area contributed by atoms with Crippen LogP contribution in [0.15, 0.2) is 24.3 Å². The van der Waals surface area contributed by atoms with E-state index in [2.05, 4.69) is 10.6 Å². The van der Waals surface area contributed by atoms with Gasteiger partial charge in [-0.05, 0) is 50.5 Å². The summed E-state index contributed by atoms with van der Waals surface area (Å²) in [7, 11) is 0. The first-order valence-corrected chi connectivity index (χ1v) is 8.02. The van der Waals surface area contributed by atoms with Crippen LogP contribution >= 0.6 is 0 Å². The summed E-state index contributed by atoms with van der Waals surface area (Å²) >= 11 is 0. The number of carbonyl (C=O) groups excluding carboxylic acids is 2. The molecule has 1 aromatic rings. The highest BCUT2D eigenvalue weighted by atomic mass is 16.5. The molecule has 2 amide bonds. The lowest BCUT2D eigenvalue weighted by molar-refractivity contribution is -0.141. The minimum absolute atomic E-state index is 0.0573. The second-order valence-electron chi connectivity index (χ2n) is 5.80. The number of hydrogen-bond donors (Lipinski definition) is 3. The lowest BCUT2D eigenvalue weighted by Crippen LogP contribution is -2.28. The lowest BCUT2D eigenvalue weighted by atomic mass is 10.0. The summed E-state index contributed by atoms with van der Waals surface area (Å²) in [4.78, 5) is 34.4. The van der Waals surface area contributed by atoms with Gasteiger partial charge in [-0.1, -0.05) is 0 Å². The number of hydrogen-bond acceptors (Lipinski definition) is 4. The summed E-state index contributed by atoms with van der Waals surface area (Å²) in [6, 6.07) is 6.72. The van der Waals surface area contributed by atoms with Crippen LogP contribution in [0.25, 0.3) is 0 Å². The Balaban J connectivity index is 1.82. The highest BCUT2D eigenvalue weighted by Crippen LogP contribution is 2.32. The third-order valence-corrected chi connectivity index (χ3v) is 4.02. The number of nitrogens with one attached hydrogen (secondary N) is 2. The first-order valence-electron chi connectivity index (χ1n) is 8.02. The molecule has 0 spiro atoms. The zero-order valence-corrected chi connectivity index (χ0v) is 13.6. The molecule has 0 heterocycles. The Kier molecular flexibility index (Phi) is 6.17. The zero-order chi connectivity index (χ0) is 17.5. The zero-order valence-electron chi connectivity index (χ0n) is 13.6. The summed E-state index contributed by atoms with van der Waals surface area (Å²) in [6.45, 7) is 2.33. The van der Waals surface area contributed by atoms with Crippen LogP contribution in [0.1, 0.15) is 26.2 Å². The SMILES string of the molecule is CCNC(=O)COc1ccc(NC(=O)[C@@H]2CC[C@H](C(=O)O)C2)cc1. The number of benzene rings is 1. The van der Waals surface area contributed by atoms with E-state index in [1.807, 2.05) is 6.92 Å². The van der Waals surface area contributed by atoms with E-state index in [9.17, 15) is 14.4 Å². The van der Waals surface area contributed by atoms with Gasteiger partial charge in [0.05, 0.1) is 5.92 Å². The Morgan fingerprint density at radius 2 is 1.83 bits per heavy atom. The fourth-order valence-electron chi connectivity index (χ4n) is 2.72. The molecule has 1 aliphatic carbocycles. The highest BCUT2D eigenvalue weighted by Gasteiger charge is 2.33. The molecule has 2 atom stereocenters. The molecular weight excluding hydrogens is 312 g/mol. The number of carboxylic acids is 1. The van der Waals surface area contributed by atoms with Crippen LogP contribution in [0.2, 0.25) is 0 Å². The van der Waals surface area contributed by atoms with Crippen molar-refractivity contribution in [2.45, 2.75) is 26.2 Å². The van der Waals surface area contributed by atoms with E-state index in [0.29, 0.717) is 37.2 Å². The average Bonchev–Trinajstić information content (AvgIpc) is 3.05. The van der Waals surface area contributed by atoms with Crippen molar-refractivity contribution in [2.75, 3.05) is 18.5 Å². The summed E-state index contributed by atoms with van der Waals surface area (Å²) < 4.78 is 5.33. The molecule has 2 rings (SSSR count). The van der Waals surface area contributed by atoms with E-state index >= 15 is 0 Å². The van der Waals surface area contributed by atoms with E-state index in [-0.39, 0.29) is 24.3 Å². The van der Waals surface area contributed by atoms with Gasteiger partial charge >= 0.3 is 5.97 Å². The molecule has 0 bridgehead atoms. The molecule has 0 radical (unpaired) electrons. The Morgan fingerprint density at radius 1 is 1.17 bits per heavy atom. The third-order valence-electron chi connectivity index (χ3n) is 4.02. The standard InChI is InChI=1S/C17H22N2O5/c1-2-18-15(20)10-24-14-7-5-13(6-8-14)19-16(21)11-3-4-12(9-11)17(22)23/h5-8,11-12H,2-4,9-10H2,1H3,(H,18,20)(H,19,21)(H,22,23)/t11-,12+/m1/s1. The van der Waals surface area contributed by atoms with Crippen LogP contribution < -0.4 is 15.4 Å². The average molecular weight is 334 g/mol. The number of amides is 2. The van der Waals surface area contributed by atoms with Crippen molar-refractivity contribution in [1.82, 2.24) is 5.32 Å². The Hall–Kier alpha value is -2.57. The molecule has 0 aromatic heterocycles. The lowest BCUT2D eigenvalue weighted by Gasteiger charge is -2.11. The van der Waals surface area contributed by atoms with Crippen molar-refractivity contribution in [3.63, 3.8) is 0 Å². The minimum Gasteiger partial charge on any atom is -0.484 e. The summed E-state index contributed by atoms with van der Waals surface area (Å²) in [5.74, 6) is -1.34. The summed E-state index contributed by atoms with van der Waals surface area (Å²) in [5.41, 5.74) is 0.615. The van der Waals surface area contributed by atoms with Gasteiger partial charge in [-0.2, -0.15) is 0 Å². The molecule has 3 N–H and O–H groups in total. The quantitative estimate of drug-likeness (QED) is 0.703. The van der Waals surface area contributed by atoms with Gasteiger partial charge in [0, 0.05) is 18.2 Å². The fraction of sp³-hybridized carbons (Fsp3) is 0.471. The van der Waals surface area contributed by atoms with E-state index < -0.39 is 11.9 Å². The van der Waals surface area contributed by atoms with Crippen LogP contribution in [0, 0.1) is 11.8 Å². The van der Waals surface area contributed by atoms with Crippen LogP contribution in [0.3, 0.4) is 0 Å². The van der Waals surface area contributed by atoms with Crippen LogP contribution in [0.4, 0.5) is 5.69 Å². The van der Waals surface area contributed by atoms with Gasteiger partial charge in [0.2, 0.25) is 5.91 Å². The van der Waals surface area contributed by atoms with Crippen LogP contribution in [0.5, 0.6) is 5.75 Å². The number of rotatable bonds is 7.